The number of hydrogen-bond donors (Lipinski definition) is 1. The molecule has 0 bridgehead atoms. The molecule has 0 aliphatic carbocycles. The normalized spacial score (nSPS) is 18.0. The largest absolute Gasteiger partial charge is 0.314 e. The maximum Gasteiger partial charge on any atom is 0.269 e. The van der Waals surface area contributed by atoms with Gasteiger partial charge in [-0.1, -0.05) is 48.5 Å². The van der Waals surface area contributed by atoms with E-state index < -0.39 is 26.4 Å². The van der Waals surface area contributed by atoms with Gasteiger partial charge in [-0.3, -0.25) is 4.90 Å². The Morgan fingerprint density at radius 3 is 2.33 bits per heavy atom. The Hall–Kier alpha value is -3.29. The Balaban J connectivity index is 1.23. The van der Waals surface area contributed by atoms with Crippen LogP contribution in [0.15, 0.2) is 84.0 Å². The van der Waals surface area contributed by atoms with E-state index in [0.29, 0.717) is 23.3 Å². The van der Waals surface area contributed by atoms with E-state index in [9.17, 15) is 16.8 Å². The second-order valence-electron chi connectivity index (χ2n) is 10.3. The van der Waals surface area contributed by atoms with Crippen LogP contribution in [0.5, 0.6) is 0 Å². The van der Waals surface area contributed by atoms with E-state index in [1.54, 1.807) is 47.6 Å². The molecule has 2 aliphatic rings. The predicted molar refractivity (Wildman–Crippen MR) is 152 cm³/mol. The Morgan fingerprint density at radius 2 is 1.65 bits per heavy atom. The number of benzene rings is 2. The van der Waals surface area contributed by atoms with Crippen LogP contribution in [0.3, 0.4) is 0 Å². The summed E-state index contributed by atoms with van der Waals surface area (Å²) in [6, 6.07) is 20.3. The van der Waals surface area contributed by atoms with E-state index in [1.807, 2.05) is 18.2 Å². The third-order valence-electron chi connectivity index (χ3n) is 7.55. The fourth-order valence-electron chi connectivity index (χ4n) is 5.60. The number of piperidine rings is 1. The summed E-state index contributed by atoms with van der Waals surface area (Å²) < 4.78 is 58.1. The summed E-state index contributed by atoms with van der Waals surface area (Å²) in [5, 5.41) is 2.48. The van der Waals surface area contributed by atoms with E-state index in [0.717, 1.165) is 44.3 Å². The van der Waals surface area contributed by atoms with Gasteiger partial charge in [0, 0.05) is 36.2 Å². The lowest BCUT2D eigenvalue weighted by Gasteiger charge is -2.38. The smallest absolute Gasteiger partial charge is 0.269 e. The van der Waals surface area contributed by atoms with Crippen LogP contribution in [0.4, 0.5) is 5.69 Å². The van der Waals surface area contributed by atoms with E-state index >= 15 is 0 Å². The van der Waals surface area contributed by atoms with Crippen LogP contribution in [-0.4, -0.2) is 61.3 Å². The summed E-state index contributed by atoms with van der Waals surface area (Å²) in [4.78, 5) is 7.01. The first-order valence-electron chi connectivity index (χ1n) is 13.2. The molecule has 6 rings (SSSR count). The zero-order chi connectivity index (χ0) is 27.9. The highest BCUT2D eigenvalue weighted by Crippen LogP contribution is 2.37. The van der Waals surface area contributed by atoms with Crippen molar-refractivity contribution in [3.8, 4) is 0 Å². The fourth-order valence-corrected chi connectivity index (χ4v) is 7.55. The molecule has 0 spiro atoms. The van der Waals surface area contributed by atoms with Crippen LogP contribution >= 0.6 is 0 Å². The summed E-state index contributed by atoms with van der Waals surface area (Å²) >= 11 is 0. The topological polar surface area (TPSA) is 114 Å². The molecular weight excluding hydrogens is 550 g/mol. The highest BCUT2D eigenvalue weighted by molar-refractivity contribution is 7.90. The Morgan fingerprint density at radius 1 is 0.975 bits per heavy atom. The molecule has 1 fully saturated rings. The minimum atomic E-state index is -3.83. The maximum absolute atomic E-state index is 13.3. The van der Waals surface area contributed by atoms with Crippen LogP contribution in [0.1, 0.15) is 24.0 Å². The third-order valence-corrected chi connectivity index (χ3v) is 9.78. The zero-order valence-electron chi connectivity index (χ0n) is 22.0. The van der Waals surface area contributed by atoms with Gasteiger partial charge in [-0.15, -0.1) is 0 Å². The number of anilines is 1. The maximum atomic E-state index is 13.3. The van der Waals surface area contributed by atoms with Gasteiger partial charge in [-0.05, 0) is 49.7 Å². The molecular formula is C28H31N5O5S2. The van der Waals surface area contributed by atoms with Crippen molar-refractivity contribution in [2.75, 3.05) is 24.8 Å². The molecule has 1 unspecified atom stereocenters. The van der Waals surface area contributed by atoms with E-state index in [4.69, 9.17) is 4.18 Å². The molecule has 40 heavy (non-hydrogen) atoms. The Bertz CT molecular complexity index is 1720. The number of fused-ring (bicyclic) bond motifs is 3. The number of hydrazine groups is 1. The fraction of sp³-hybridized carbons (Fsp3) is 0.321. The first kappa shape index (κ1) is 26.9. The average molecular weight is 582 g/mol. The number of hydrogen-bond acceptors (Lipinski definition) is 9. The van der Waals surface area contributed by atoms with Crippen molar-refractivity contribution in [2.45, 2.75) is 37.1 Å². The van der Waals surface area contributed by atoms with Gasteiger partial charge in [-0.25, -0.2) is 21.6 Å². The number of likely N-dealkylation sites (tertiary alicyclic amines) is 1. The first-order valence-corrected chi connectivity index (χ1v) is 16.4. The van der Waals surface area contributed by atoms with Crippen molar-refractivity contribution >= 4 is 36.9 Å². The molecule has 210 valence electrons. The van der Waals surface area contributed by atoms with Crippen LogP contribution in [0.25, 0.3) is 11.0 Å². The number of nitrogens with one attached hydrogen (secondary N) is 1. The number of rotatable bonds is 8. The summed E-state index contributed by atoms with van der Waals surface area (Å²) in [7, 11) is -7.57. The van der Waals surface area contributed by atoms with Crippen LogP contribution in [0.2, 0.25) is 0 Å². The highest BCUT2D eigenvalue weighted by Gasteiger charge is 2.38. The predicted octanol–water partition coefficient (Wildman–Crippen LogP) is 3.63. The van der Waals surface area contributed by atoms with Crippen molar-refractivity contribution in [1.82, 2.24) is 18.9 Å². The van der Waals surface area contributed by atoms with Gasteiger partial charge in [0.2, 0.25) is 0 Å². The van der Waals surface area contributed by atoms with Gasteiger partial charge < -0.3 is 5.43 Å². The number of pyridine rings is 1. The molecule has 1 N–H and O–H groups in total. The zero-order valence-corrected chi connectivity index (χ0v) is 23.7. The van der Waals surface area contributed by atoms with Crippen molar-refractivity contribution in [3.63, 3.8) is 0 Å². The van der Waals surface area contributed by atoms with Crippen LogP contribution < -0.4 is 5.43 Å². The molecule has 4 heterocycles. The molecule has 2 aliphatic heterocycles. The monoisotopic (exact) mass is 581 g/mol. The second kappa shape index (κ2) is 10.6. The molecule has 0 radical (unpaired) electrons. The highest BCUT2D eigenvalue weighted by atomic mass is 32.2. The lowest BCUT2D eigenvalue weighted by Crippen LogP contribution is -2.47. The van der Waals surface area contributed by atoms with Crippen molar-refractivity contribution in [3.05, 3.63) is 90.3 Å². The Labute approximate surface area is 234 Å². The lowest BCUT2D eigenvalue weighted by molar-refractivity contribution is -0.0223. The Kier molecular flexibility index (Phi) is 7.13. The minimum absolute atomic E-state index is 0.0185. The summed E-state index contributed by atoms with van der Waals surface area (Å²) in [6.45, 7) is 2.85. The molecule has 12 heteroatoms. The summed E-state index contributed by atoms with van der Waals surface area (Å²) in [6.07, 6.45) is 5.01. The first-order chi connectivity index (χ1) is 19.2. The minimum Gasteiger partial charge on any atom is -0.314 e. The molecule has 2 aromatic carbocycles. The standard InChI is InChI=1S/C28H31N5O5S2/c1-39(34,35)38-28(22-12-15-31(16-13-22)19-21-8-4-2-5-9-21)32-20-25-24-14-17-33(27(24)29-18-26(25)30-32)40(36,37)23-10-6-3-7-11-23/h2-11,14,17-18,22,28,30H,12-13,15-16,19-20H2,1H3. The van der Waals surface area contributed by atoms with Crippen molar-refractivity contribution in [2.24, 2.45) is 5.92 Å². The molecule has 4 aromatic rings. The van der Waals surface area contributed by atoms with Gasteiger partial charge in [0.25, 0.3) is 20.1 Å². The van der Waals surface area contributed by atoms with E-state index in [-0.39, 0.29) is 10.8 Å². The van der Waals surface area contributed by atoms with E-state index in [2.05, 4.69) is 27.4 Å². The quantitative estimate of drug-likeness (QED) is 0.312. The van der Waals surface area contributed by atoms with Crippen molar-refractivity contribution in [1.29, 1.82) is 0 Å². The van der Waals surface area contributed by atoms with Gasteiger partial charge in [-0.2, -0.15) is 13.4 Å². The van der Waals surface area contributed by atoms with Crippen LogP contribution in [0, 0.1) is 5.92 Å². The third kappa shape index (κ3) is 5.37. The van der Waals surface area contributed by atoms with Gasteiger partial charge >= 0.3 is 0 Å². The molecule has 0 saturated carbocycles. The molecule has 0 amide bonds. The molecule has 2 aromatic heterocycles. The SMILES string of the molecule is CS(=O)(=O)OC(C1CCN(Cc2ccccc2)CC1)N1Cc2c(cnc3c2ccn3S(=O)(=O)c2ccccc2)N1. The number of aromatic nitrogens is 2. The van der Waals surface area contributed by atoms with E-state index in [1.165, 1.54) is 15.7 Å². The van der Waals surface area contributed by atoms with Crippen molar-refractivity contribution < 1.29 is 21.0 Å². The van der Waals surface area contributed by atoms with Crippen LogP contribution in [-0.2, 0) is 37.4 Å². The lowest BCUT2D eigenvalue weighted by atomic mass is 9.94. The van der Waals surface area contributed by atoms with Gasteiger partial charge in [0.05, 0.1) is 23.0 Å². The summed E-state index contributed by atoms with van der Waals surface area (Å²) in [5.74, 6) is -0.0185. The molecule has 1 saturated heterocycles. The average Bonchev–Trinajstić information content (AvgIpc) is 3.58. The number of nitrogens with zero attached hydrogens (tertiary/aromatic N) is 4. The molecule has 10 nitrogen and oxygen atoms in total. The second-order valence-corrected chi connectivity index (χ2v) is 13.8. The van der Waals surface area contributed by atoms with Gasteiger partial charge in [0.1, 0.15) is 6.23 Å². The van der Waals surface area contributed by atoms with Gasteiger partial charge in [0.15, 0.2) is 5.65 Å². The summed E-state index contributed by atoms with van der Waals surface area (Å²) in [5.41, 5.74) is 6.40. The molecule has 1 atom stereocenters.